The molecule has 0 fully saturated rings. The number of hydrogen-bond acceptors (Lipinski definition) is 3. The lowest BCUT2D eigenvalue weighted by Crippen LogP contribution is -2.41. The molecule has 2 rings (SSSR count). The third-order valence-corrected chi connectivity index (χ3v) is 3.13. The molecule has 0 aliphatic rings. The minimum absolute atomic E-state index is 0.272. The van der Waals surface area contributed by atoms with Crippen LogP contribution >= 0.6 is 0 Å². The van der Waals surface area contributed by atoms with E-state index < -0.39 is 12.0 Å². The third-order valence-electron chi connectivity index (χ3n) is 3.13. The van der Waals surface area contributed by atoms with E-state index in [9.17, 15) is 9.59 Å². The van der Waals surface area contributed by atoms with Crippen molar-refractivity contribution in [3.63, 3.8) is 0 Å². The second-order valence-corrected chi connectivity index (χ2v) is 4.87. The van der Waals surface area contributed by atoms with E-state index >= 15 is 0 Å². The third kappa shape index (κ3) is 5.03. The largest absolute Gasteiger partial charge is 0.481 e. The molecule has 0 heterocycles. The van der Waals surface area contributed by atoms with E-state index in [1.54, 1.807) is 24.3 Å². The van der Waals surface area contributed by atoms with Gasteiger partial charge < -0.3 is 15.7 Å². The quantitative estimate of drug-likeness (QED) is 0.732. The van der Waals surface area contributed by atoms with Crippen LogP contribution in [0.25, 0.3) is 0 Å². The van der Waals surface area contributed by atoms with Gasteiger partial charge in [0.15, 0.2) is 0 Å². The Morgan fingerprint density at radius 1 is 0.955 bits per heavy atom. The van der Waals surface area contributed by atoms with Gasteiger partial charge in [0.2, 0.25) is 5.91 Å². The molecule has 0 saturated carbocycles. The number of carbonyl (C=O) groups excluding carboxylic acids is 1. The highest BCUT2D eigenvalue weighted by Gasteiger charge is 2.21. The van der Waals surface area contributed by atoms with E-state index in [1.807, 2.05) is 36.4 Å². The summed E-state index contributed by atoms with van der Waals surface area (Å²) in [6, 6.07) is 17.7. The van der Waals surface area contributed by atoms with Gasteiger partial charge in [-0.25, -0.2) is 0 Å². The molecule has 3 N–H and O–H groups in total. The van der Waals surface area contributed by atoms with Gasteiger partial charge in [-0.2, -0.15) is 0 Å². The van der Waals surface area contributed by atoms with Crippen LogP contribution in [0, 0.1) is 0 Å². The van der Waals surface area contributed by atoms with Crippen LogP contribution in [0.5, 0.6) is 0 Å². The van der Waals surface area contributed by atoms with Crippen molar-refractivity contribution < 1.29 is 14.7 Å². The second-order valence-electron chi connectivity index (χ2n) is 4.87. The first kappa shape index (κ1) is 15.7. The number of carbonyl (C=O) groups is 2. The summed E-state index contributed by atoms with van der Waals surface area (Å²) in [5.41, 5.74) is 1.63. The molecule has 0 aliphatic heterocycles. The maximum absolute atomic E-state index is 12.2. The Kier molecular flexibility index (Phi) is 5.68. The lowest BCUT2D eigenvalue weighted by atomic mass is 10.1. The number of benzene rings is 2. The molecule has 1 unspecified atom stereocenters. The van der Waals surface area contributed by atoms with Crippen molar-refractivity contribution >= 4 is 17.6 Å². The van der Waals surface area contributed by atoms with Gasteiger partial charge in [-0.15, -0.1) is 0 Å². The molecule has 5 nitrogen and oxygen atoms in total. The van der Waals surface area contributed by atoms with Crippen LogP contribution in [-0.4, -0.2) is 23.0 Å². The predicted octanol–water partition coefficient (Wildman–Crippen LogP) is 2.26. The highest BCUT2D eigenvalue weighted by molar-refractivity contribution is 5.96. The van der Waals surface area contributed by atoms with E-state index in [0.29, 0.717) is 12.2 Å². The average molecular weight is 298 g/mol. The Labute approximate surface area is 129 Å². The highest BCUT2D eigenvalue weighted by atomic mass is 16.4. The Morgan fingerprint density at radius 2 is 1.55 bits per heavy atom. The molecule has 2 aromatic carbocycles. The topological polar surface area (TPSA) is 78.4 Å². The molecular weight excluding hydrogens is 280 g/mol. The van der Waals surface area contributed by atoms with Gasteiger partial charge in [0.25, 0.3) is 0 Å². The summed E-state index contributed by atoms with van der Waals surface area (Å²) in [4.78, 5) is 23.2. The maximum Gasteiger partial charge on any atom is 0.305 e. The average Bonchev–Trinajstić information content (AvgIpc) is 2.53. The number of carboxylic acid groups (broad SMARTS) is 1. The first-order valence-corrected chi connectivity index (χ1v) is 7.00. The first-order valence-electron chi connectivity index (χ1n) is 7.00. The molecule has 0 bridgehead atoms. The predicted molar refractivity (Wildman–Crippen MR) is 84.4 cm³/mol. The molecule has 2 aromatic rings. The van der Waals surface area contributed by atoms with Crippen LogP contribution in [-0.2, 0) is 16.1 Å². The molecule has 0 saturated heterocycles. The van der Waals surface area contributed by atoms with Gasteiger partial charge in [-0.05, 0) is 17.7 Å². The molecule has 22 heavy (non-hydrogen) atoms. The molecule has 114 valence electrons. The minimum atomic E-state index is -1.02. The second kappa shape index (κ2) is 7.95. The van der Waals surface area contributed by atoms with Crippen LogP contribution in [0.3, 0.4) is 0 Å². The zero-order valence-corrected chi connectivity index (χ0v) is 12.0. The summed E-state index contributed by atoms with van der Waals surface area (Å²) in [7, 11) is 0. The SMILES string of the molecule is O=C(O)CC(NCc1ccccc1)C(=O)Nc1ccccc1. The number of aliphatic carboxylic acids is 1. The van der Waals surface area contributed by atoms with Crippen molar-refractivity contribution in [1.82, 2.24) is 5.32 Å². The number of rotatable bonds is 7. The Bertz CT molecular complexity index is 614. The number of amides is 1. The van der Waals surface area contributed by atoms with Crippen molar-refractivity contribution in [2.24, 2.45) is 0 Å². The van der Waals surface area contributed by atoms with Gasteiger partial charge >= 0.3 is 5.97 Å². The van der Waals surface area contributed by atoms with E-state index in [2.05, 4.69) is 10.6 Å². The zero-order valence-electron chi connectivity index (χ0n) is 12.0. The van der Waals surface area contributed by atoms with Gasteiger partial charge in [-0.1, -0.05) is 48.5 Å². The van der Waals surface area contributed by atoms with Gasteiger partial charge in [0, 0.05) is 12.2 Å². The van der Waals surface area contributed by atoms with E-state index in [-0.39, 0.29) is 12.3 Å². The Morgan fingerprint density at radius 3 is 2.14 bits per heavy atom. The van der Waals surface area contributed by atoms with Crippen molar-refractivity contribution in [2.75, 3.05) is 5.32 Å². The molecule has 1 atom stereocenters. The van der Waals surface area contributed by atoms with Crippen LogP contribution in [0.4, 0.5) is 5.69 Å². The van der Waals surface area contributed by atoms with Crippen molar-refractivity contribution in [3.8, 4) is 0 Å². The summed E-state index contributed by atoms with van der Waals surface area (Å²) in [6.07, 6.45) is -0.272. The lowest BCUT2D eigenvalue weighted by Gasteiger charge is -2.17. The number of anilines is 1. The highest BCUT2D eigenvalue weighted by Crippen LogP contribution is 2.07. The maximum atomic E-state index is 12.2. The van der Waals surface area contributed by atoms with Crippen molar-refractivity contribution in [3.05, 3.63) is 66.2 Å². The van der Waals surface area contributed by atoms with Crippen LogP contribution in [0.2, 0.25) is 0 Å². The van der Waals surface area contributed by atoms with Crippen LogP contribution in [0.1, 0.15) is 12.0 Å². The number of para-hydroxylation sites is 1. The number of carboxylic acids is 1. The lowest BCUT2D eigenvalue weighted by molar-refractivity contribution is -0.139. The number of hydrogen-bond donors (Lipinski definition) is 3. The standard InChI is InChI=1S/C17H18N2O3/c20-16(21)11-15(18-12-13-7-3-1-4-8-13)17(22)19-14-9-5-2-6-10-14/h1-10,15,18H,11-12H2,(H,19,22)(H,20,21). The summed E-state index contributed by atoms with van der Waals surface area (Å²) in [5.74, 6) is -1.38. The molecule has 0 spiro atoms. The molecule has 0 aromatic heterocycles. The van der Waals surface area contributed by atoms with E-state index in [0.717, 1.165) is 5.56 Å². The summed E-state index contributed by atoms with van der Waals surface area (Å²) in [6.45, 7) is 0.432. The first-order chi connectivity index (χ1) is 10.6. The normalized spacial score (nSPS) is 11.6. The fourth-order valence-electron chi connectivity index (χ4n) is 2.02. The monoisotopic (exact) mass is 298 g/mol. The molecule has 0 aliphatic carbocycles. The fraction of sp³-hybridized carbons (Fsp3) is 0.176. The van der Waals surface area contributed by atoms with Crippen molar-refractivity contribution in [2.45, 2.75) is 19.0 Å². The summed E-state index contributed by atoms with van der Waals surface area (Å²) < 4.78 is 0. The smallest absolute Gasteiger partial charge is 0.305 e. The van der Waals surface area contributed by atoms with Crippen molar-refractivity contribution in [1.29, 1.82) is 0 Å². The minimum Gasteiger partial charge on any atom is -0.481 e. The van der Waals surface area contributed by atoms with E-state index in [4.69, 9.17) is 5.11 Å². The molecule has 5 heteroatoms. The fourth-order valence-corrected chi connectivity index (χ4v) is 2.02. The molecule has 0 radical (unpaired) electrons. The Hall–Kier alpha value is -2.66. The summed E-state index contributed by atoms with van der Waals surface area (Å²) >= 11 is 0. The van der Waals surface area contributed by atoms with Gasteiger partial charge in [0.05, 0.1) is 12.5 Å². The Balaban J connectivity index is 1.98. The van der Waals surface area contributed by atoms with Gasteiger partial charge in [0.1, 0.15) is 0 Å². The van der Waals surface area contributed by atoms with E-state index in [1.165, 1.54) is 0 Å². The van der Waals surface area contributed by atoms with Crippen LogP contribution in [0.15, 0.2) is 60.7 Å². The van der Waals surface area contributed by atoms with Crippen LogP contribution < -0.4 is 10.6 Å². The molecule has 1 amide bonds. The van der Waals surface area contributed by atoms with Gasteiger partial charge in [-0.3, -0.25) is 9.59 Å². The number of nitrogens with one attached hydrogen (secondary N) is 2. The zero-order chi connectivity index (χ0) is 15.8. The molecular formula is C17H18N2O3. The summed E-state index contributed by atoms with van der Waals surface area (Å²) in [5, 5.41) is 14.7.